The quantitative estimate of drug-likeness (QED) is 0.827. The Balaban J connectivity index is 2.07. The van der Waals surface area contributed by atoms with Crippen molar-refractivity contribution >= 4 is 50.9 Å². The first-order valence-electron chi connectivity index (χ1n) is 6.90. The molecule has 1 aromatic carbocycles. The van der Waals surface area contributed by atoms with E-state index in [1.807, 2.05) is 18.2 Å². The summed E-state index contributed by atoms with van der Waals surface area (Å²) in [5, 5.41) is 5.55. The van der Waals surface area contributed by atoms with Crippen LogP contribution >= 0.6 is 22.9 Å². The molecule has 1 aromatic heterocycles. The molecule has 1 unspecified atom stereocenters. The summed E-state index contributed by atoms with van der Waals surface area (Å²) < 4.78 is 5.93. The zero-order valence-corrected chi connectivity index (χ0v) is 14.1. The fourth-order valence-electron chi connectivity index (χ4n) is 1.83. The van der Waals surface area contributed by atoms with E-state index < -0.39 is 24.0 Å². The van der Waals surface area contributed by atoms with Crippen LogP contribution in [0.3, 0.4) is 0 Å². The molecule has 0 saturated heterocycles. The number of thiophene rings is 1. The van der Waals surface area contributed by atoms with Crippen molar-refractivity contribution in [3.05, 3.63) is 34.2 Å². The summed E-state index contributed by atoms with van der Waals surface area (Å²) >= 11 is 7.38. The lowest BCUT2D eigenvalue weighted by atomic mass is 10.2. The molecular weight excluding hydrogens is 340 g/mol. The van der Waals surface area contributed by atoms with Crippen LogP contribution < -0.4 is 10.6 Å². The van der Waals surface area contributed by atoms with Crippen LogP contribution in [0.5, 0.6) is 0 Å². The third-order valence-corrected chi connectivity index (χ3v) is 4.60. The van der Waals surface area contributed by atoms with Gasteiger partial charge in [-0.3, -0.25) is 10.1 Å². The number of ether oxygens (including phenoxy) is 1. The van der Waals surface area contributed by atoms with Crippen LogP contribution in [-0.4, -0.2) is 30.6 Å². The highest BCUT2D eigenvalue weighted by molar-refractivity contribution is 7.21. The molecule has 122 valence electrons. The van der Waals surface area contributed by atoms with E-state index in [1.165, 1.54) is 18.3 Å². The van der Waals surface area contributed by atoms with Crippen molar-refractivity contribution in [1.29, 1.82) is 0 Å². The number of halogens is 1. The summed E-state index contributed by atoms with van der Waals surface area (Å²) in [6.07, 6.45) is -1.12. The minimum absolute atomic E-state index is 0.227. The second-order valence-corrected chi connectivity index (χ2v) is 6.07. The van der Waals surface area contributed by atoms with Crippen molar-refractivity contribution in [2.24, 2.45) is 0 Å². The summed E-state index contributed by atoms with van der Waals surface area (Å²) in [5.74, 6) is -1.41. The number of rotatable bonds is 4. The monoisotopic (exact) mass is 354 g/mol. The van der Waals surface area contributed by atoms with E-state index in [9.17, 15) is 14.4 Å². The lowest BCUT2D eigenvalue weighted by Crippen LogP contribution is -2.44. The topological polar surface area (TPSA) is 84.5 Å². The van der Waals surface area contributed by atoms with E-state index in [-0.39, 0.29) is 4.88 Å². The maximum atomic E-state index is 12.2. The largest absolute Gasteiger partial charge is 0.448 e. The Morgan fingerprint density at radius 3 is 2.65 bits per heavy atom. The van der Waals surface area contributed by atoms with E-state index in [0.717, 1.165) is 10.1 Å². The molecule has 6 nitrogen and oxygen atoms in total. The maximum Gasteiger partial charge on any atom is 0.350 e. The zero-order chi connectivity index (χ0) is 17.0. The van der Waals surface area contributed by atoms with Crippen molar-refractivity contribution in [3.8, 4) is 0 Å². The van der Waals surface area contributed by atoms with Gasteiger partial charge in [0.1, 0.15) is 4.88 Å². The van der Waals surface area contributed by atoms with E-state index in [0.29, 0.717) is 11.6 Å². The number of hydrogen-bond acceptors (Lipinski definition) is 5. The van der Waals surface area contributed by atoms with Gasteiger partial charge in [0.05, 0.1) is 5.02 Å². The first kappa shape index (κ1) is 17.2. The summed E-state index contributed by atoms with van der Waals surface area (Å²) in [6.45, 7) is 3.48. The molecule has 1 atom stereocenters. The second kappa shape index (κ2) is 7.43. The van der Waals surface area contributed by atoms with Crippen molar-refractivity contribution in [3.63, 3.8) is 0 Å². The third-order valence-electron chi connectivity index (χ3n) is 2.95. The lowest BCUT2D eigenvalue weighted by Gasteiger charge is -2.12. The molecule has 2 N–H and O–H groups in total. The first-order valence-corrected chi connectivity index (χ1v) is 8.10. The average Bonchev–Trinajstić information content (AvgIpc) is 2.85. The molecule has 8 heteroatoms. The number of carbonyl (C=O) groups is 3. The summed E-state index contributed by atoms with van der Waals surface area (Å²) in [7, 11) is 0. The van der Waals surface area contributed by atoms with Gasteiger partial charge in [0, 0.05) is 16.6 Å². The smallest absolute Gasteiger partial charge is 0.350 e. The molecule has 3 amide bonds. The number of amides is 3. The number of nitrogens with one attached hydrogen (secondary N) is 2. The van der Waals surface area contributed by atoms with Gasteiger partial charge in [-0.15, -0.1) is 11.3 Å². The minimum Gasteiger partial charge on any atom is -0.448 e. The molecular formula is C15H15ClN2O4S. The Labute approximate surface area is 141 Å². The Kier molecular flexibility index (Phi) is 5.57. The van der Waals surface area contributed by atoms with E-state index >= 15 is 0 Å². The second-order valence-electron chi connectivity index (χ2n) is 4.64. The number of esters is 1. The maximum absolute atomic E-state index is 12.2. The van der Waals surface area contributed by atoms with Crippen molar-refractivity contribution < 1.29 is 19.1 Å². The predicted octanol–water partition coefficient (Wildman–Crippen LogP) is 2.95. The van der Waals surface area contributed by atoms with E-state index in [2.05, 4.69) is 10.6 Å². The number of fused-ring (bicyclic) bond motifs is 1. The van der Waals surface area contributed by atoms with Crippen LogP contribution in [-0.2, 0) is 9.53 Å². The van der Waals surface area contributed by atoms with Gasteiger partial charge in [-0.25, -0.2) is 9.59 Å². The van der Waals surface area contributed by atoms with Gasteiger partial charge in [0.25, 0.3) is 5.91 Å². The van der Waals surface area contributed by atoms with E-state index in [1.54, 1.807) is 13.0 Å². The number of hydrogen-bond donors (Lipinski definition) is 2. The average molecular weight is 355 g/mol. The van der Waals surface area contributed by atoms with Crippen LogP contribution in [0, 0.1) is 0 Å². The molecule has 0 spiro atoms. The molecule has 0 fully saturated rings. The highest BCUT2D eigenvalue weighted by Crippen LogP contribution is 2.35. The molecule has 2 aromatic rings. The first-order chi connectivity index (χ1) is 10.9. The van der Waals surface area contributed by atoms with Gasteiger partial charge in [0.2, 0.25) is 0 Å². The van der Waals surface area contributed by atoms with Crippen LogP contribution in [0.15, 0.2) is 24.3 Å². The fourth-order valence-corrected chi connectivity index (χ4v) is 3.22. The van der Waals surface area contributed by atoms with Crippen molar-refractivity contribution in [1.82, 2.24) is 10.6 Å². The Morgan fingerprint density at radius 2 is 2.00 bits per heavy atom. The van der Waals surface area contributed by atoms with Crippen molar-refractivity contribution in [2.45, 2.75) is 20.0 Å². The molecule has 23 heavy (non-hydrogen) atoms. The fraction of sp³-hybridized carbons (Fsp3) is 0.267. The van der Waals surface area contributed by atoms with Gasteiger partial charge in [-0.05, 0) is 19.9 Å². The van der Waals surface area contributed by atoms with Gasteiger partial charge >= 0.3 is 12.0 Å². The third kappa shape index (κ3) is 4.00. The van der Waals surface area contributed by atoms with Crippen LogP contribution in [0.2, 0.25) is 5.02 Å². The number of carbonyl (C=O) groups excluding carboxylic acids is 3. The Bertz CT molecular complexity index is 759. The van der Waals surface area contributed by atoms with Crippen LogP contribution in [0.4, 0.5) is 4.79 Å². The number of benzene rings is 1. The highest BCUT2D eigenvalue weighted by atomic mass is 35.5. The predicted molar refractivity (Wildman–Crippen MR) is 88.9 cm³/mol. The minimum atomic E-state index is -1.12. The standard InChI is InChI=1S/C15H15ClN2O4S/c1-3-17-15(21)18-13(19)8(2)22-14(20)12-11(16)9-6-4-5-7-10(9)23-12/h4-8H,3H2,1-2H3,(H2,17,18,19,21). The van der Waals surface area contributed by atoms with Crippen LogP contribution in [0.1, 0.15) is 23.5 Å². The molecule has 2 rings (SSSR count). The Morgan fingerprint density at radius 1 is 1.30 bits per heavy atom. The molecule has 0 aliphatic carbocycles. The summed E-state index contributed by atoms with van der Waals surface area (Å²) in [6, 6.07) is 6.66. The normalized spacial score (nSPS) is 11.8. The zero-order valence-electron chi connectivity index (χ0n) is 12.5. The molecule has 0 aliphatic rings. The van der Waals surface area contributed by atoms with E-state index in [4.69, 9.17) is 16.3 Å². The van der Waals surface area contributed by atoms with Gasteiger partial charge in [-0.1, -0.05) is 29.8 Å². The van der Waals surface area contributed by atoms with Gasteiger partial charge in [-0.2, -0.15) is 0 Å². The molecule has 0 aliphatic heterocycles. The van der Waals surface area contributed by atoms with Gasteiger partial charge < -0.3 is 10.1 Å². The molecule has 0 saturated carbocycles. The Hall–Kier alpha value is -2.12. The number of imide groups is 1. The highest BCUT2D eigenvalue weighted by Gasteiger charge is 2.24. The lowest BCUT2D eigenvalue weighted by molar-refractivity contribution is -0.127. The van der Waals surface area contributed by atoms with Crippen molar-refractivity contribution in [2.75, 3.05) is 6.54 Å². The van der Waals surface area contributed by atoms with Crippen LogP contribution in [0.25, 0.3) is 10.1 Å². The molecule has 0 radical (unpaired) electrons. The molecule has 0 bridgehead atoms. The van der Waals surface area contributed by atoms with Gasteiger partial charge in [0.15, 0.2) is 6.10 Å². The molecule has 1 heterocycles. The summed E-state index contributed by atoms with van der Waals surface area (Å²) in [5.41, 5.74) is 0. The number of urea groups is 1. The summed E-state index contributed by atoms with van der Waals surface area (Å²) in [4.78, 5) is 35.5. The SMILES string of the molecule is CCNC(=O)NC(=O)C(C)OC(=O)c1sc2ccccc2c1Cl.